The zero-order valence-electron chi connectivity index (χ0n) is 12.3. The molecule has 0 N–H and O–H groups in total. The fraction of sp³-hybridized carbons (Fsp3) is 0.400. The molecule has 1 fully saturated rings. The molecule has 0 atom stereocenters. The van der Waals surface area contributed by atoms with Crippen LogP contribution in [0.3, 0.4) is 0 Å². The van der Waals surface area contributed by atoms with Crippen molar-refractivity contribution in [2.45, 2.75) is 24.9 Å². The van der Waals surface area contributed by atoms with Gasteiger partial charge in [-0.2, -0.15) is 0 Å². The fourth-order valence-electron chi connectivity index (χ4n) is 2.53. The molecule has 1 saturated heterocycles. The SMILES string of the molecule is Cc1nnc(SCC(=O)N2CCCC2)n1-c1cccc(Cl)c1. The second kappa shape index (κ2) is 6.71. The fourth-order valence-corrected chi connectivity index (χ4v) is 3.62. The number of thioether (sulfide) groups is 1. The molecule has 2 aromatic rings. The van der Waals surface area contributed by atoms with E-state index in [1.54, 1.807) is 0 Å². The van der Waals surface area contributed by atoms with E-state index in [1.165, 1.54) is 11.8 Å². The number of benzene rings is 1. The van der Waals surface area contributed by atoms with E-state index in [4.69, 9.17) is 11.6 Å². The van der Waals surface area contributed by atoms with Gasteiger partial charge in [0.2, 0.25) is 5.91 Å². The lowest BCUT2D eigenvalue weighted by Gasteiger charge is -2.14. The lowest BCUT2D eigenvalue weighted by atomic mass is 10.3. The second-order valence-electron chi connectivity index (χ2n) is 5.22. The number of amides is 1. The van der Waals surface area contributed by atoms with Crippen molar-refractivity contribution < 1.29 is 4.79 Å². The van der Waals surface area contributed by atoms with Gasteiger partial charge in [0, 0.05) is 18.1 Å². The van der Waals surface area contributed by atoms with Gasteiger partial charge in [-0.1, -0.05) is 29.4 Å². The molecule has 1 aliphatic heterocycles. The summed E-state index contributed by atoms with van der Waals surface area (Å²) in [4.78, 5) is 14.1. The van der Waals surface area contributed by atoms with E-state index in [0.29, 0.717) is 15.9 Å². The summed E-state index contributed by atoms with van der Waals surface area (Å²) in [6.45, 7) is 3.64. The van der Waals surface area contributed by atoms with Gasteiger partial charge in [-0.15, -0.1) is 10.2 Å². The topological polar surface area (TPSA) is 51.0 Å². The molecule has 3 rings (SSSR count). The van der Waals surface area contributed by atoms with Gasteiger partial charge in [0.25, 0.3) is 0 Å². The number of likely N-dealkylation sites (tertiary alicyclic amines) is 1. The van der Waals surface area contributed by atoms with Crippen molar-refractivity contribution >= 4 is 29.3 Å². The highest BCUT2D eigenvalue weighted by Crippen LogP contribution is 2.24. The van der Waals surface area contributed by atoms with Crippen LogP contribution in [0.1, 0.15) is 18.7 Å². The molecule has 0 unspecified atom stereocenters. The summed E-state index contributed by atoms with van der Waals surface area (Å²) in [5.41, 5.74) is 0.908. The molecule has 22 heavy (non-hydrogen) atoms. The van der Waals surface area contributed by atoms with E-state index >= 15 is 0 Å². The van der Waals surface area contributed by atoms with Gasteiger partial charge in [-0.05, 0) is 38.0 Å². The van der Waals surface area contributed by atoms with Crippen molar-refractivity contribution in [3.63, 3.8) is 0 Å². The third-order valence-corrected chi connectivity index (χ3v) is 4.79. The highest BCUT2D eigenvalue weighted by Gasteiger charge is 2.19. The van der Waals surface area contributed by atoms with Crippen molar-refractivity contribution in [3.05, 3.63) is 35.1 Å². The molecular weight excluding hydrogens is 320 g/mol. The van der Waals surface area contributed by atoms with Gasteiger partial charge in [-0.25, -0.2) is 0 Å². The van der Waals surface area contributed by atoms with Crippen molar-refractivity contribution in [2.24, 2.45) is 0 Å². The minimum absolute atomic E-state index is 0.167. The van der Waals surface area contributed by atoms with E-state index in [2.05, 4.69) is 10.2 Å². The Morgan fingerprint density at radius 1 is 1.32 bits per heavy atom. The number of rotatable bonds is 4. The van der Waals surface area contributed by atoms with Crippen LogP contribution in [-0.2, 0) is 4.79 Å². The molecule has 1 amide bonds. The number of carbonyl (C=O) groups excluding carboxylic acids is 1. The van der Waals surface area contributed by atoms with E-state index in [0.717, 1.165) is 37.4 Å². The van der Waals surface area contributed by atoms with Gasteiger partial charge in [0.1, 0.15) is 5.82 Å². The normalized spacial score (nSPS) is 14.5. The Labute approximate surface area is 138 Å². The summed E-state index contributed by atoms with van der Waals surface area (Å²) in [6, 6.07) is 7.54. The molecule has 116 valence electrons. The van der Waals surface area contributed by atoms with Gasteiger partial charge >= 0.3 is 0 Å². The Hall–Kier alpha value is -1.53. The zero-order chi connectivity index (χ0) is 15.5. The Morgan fingerprint density at radius 3 is 2.82 bits per heavy atom. The van der Waals surface area contributed by atoms with Crippen molar-refractivity contribution in [1.29, 1.82) is 0 Å². The van der Waals surface area contributed by atoms with Crippen LogP contribution in [0.2, 0.25) is 5.02 Å². The van der Waals surface area contributed by atoms with E-state index in [1.807, 2.05) is 40.7 Å². The predicted octanol–water partition coefficient (Wildman–Crippen LogP) is 2.94. The lowest BCUT2D eigenvalue weighted by Crippen LogP contribution is -2.29. The maximum absolute atomic E-state index is 12.2. The highest BCUT2D eigenvalue weighted by molar-refractivity contribution is 7.99. The van der Waals surface area contributed by atoms with E-state index in [9.17, 15) is 4.79 Å². The van der Waals surface area contributed by atoms with E-state index < -0.39 is 0 Å². The summed E-state index contributed by atoms with van der Waals surface area (Å²) in [7, 11) is 0. The Balaban J connectivity index is 1.76. The van der Waals surface area contributed by atoms with Crippen LogP contribution in [0.15, 0.2) is 29.4 Å². The molecule has 1 aromatic heterocycles. The van der Waals surface area contributed by atoms with Crippen LogP contribution < -0.4 is 0 Å². The first-order valence-corrected chi connectivity index (χ1v) is 8.60. The molecule has 1 aliphatic rings. The van der Waals surface area contributed by atoms with Crippen molar-refractivity contribution in [1.82, 2.24) is 19.7 Å². The van der Waals surface area contributed by atoms with Crippen LogP contribution in [0.25, 0.3) is 5.69 Å². The predicted molar refractivity (Wildman–Crippen MR) is 87.6 cm³/mol. The van der Waals surface area contributed by atoms with Gasteiger partial charge in [0.05, 0.1) is 11.4 Å². The van der Waals surface area contributed by atoms with Crippen LogP contribution in [0.4, 0.5) is 0 Å². The first-order chi connectivity index (χ1) is 10.6. The lowest BCUT2D eigenvalue weighted by molar-refractivity contribution is -0.127. The minimum Gasteiger partial charge on any atom is -0.342 e. The Morgan fingerprint density at radius 2 is 2.09 bits per heavy atom. The Kier molecular flexibility index (Phi) is 4.69. The second-order valence-corrected chi connectivity index (χ2v) is 6.60. The van der Waals surface area contributed by atoms with Gasteiger partial charge in [-0.3, -0.25) is 9.36 Å². The largest absolute Gasteiger partial charge is 0.342 e. The smallest absolute Gasteiger partial charge is 0.233 e. The molecule has 7 heteroatoms. The molecule has 2 heterocycles. The first kappa shape index (κ1) is 15.4. The Bertz CT molecular complexity index is 682. The molecule has 0 saturated carbocycles. The minimum atomic E-state index is 0.167. The maximum Gasteiger partial charge on any atom is 0.233 e. The average molecular weight is 337 g/mol. The summed E-state index contributed by atoms with van der Waals surface area (Å²) >= 11 is 7.48. The van der Waals surface area contributed by atoms with Crippen LogP contribution in [0, 0.1) is 6.92 Å². The molecule has 0 radical (unpaired) electrons. The van der Waals surface area contributed by atoms with Crippen LogP contribution in [-0.4, -0.2) is 44.4 Å². The third kappa shape index (κ3) is 3.28. The molecule has 0 spiro atoms. The summed E-state index contributed by atoms with van der Waals surface area (Å²) in [5.74, 6) is 1.33. The molecule has 0 bridgehead atoms. The summed E-state index contributed by atoms with van der Waals surface area (Å²) in [5, 5.41) is 9.68. The number of hydrogen-bond donors (Lipinski definition) is 0. The maximum atomic E-state index is 12.2. The number of nitrogens with zero attached hydrogens (tertiary/aromatic N) is 4. The number of aromatic nitrogens is 3. The molecule has 0 aliphatic carbocycles. The van der Waals surface area contributed by atoms with Gasteiger partial charge < -0.3 is 4.90 Å². The van der Waals surface area contributed by atoms with Crippen molar-refractivity contribution in [2.75, 3.05) is 18.8 Å². The van der Waals surface area contributed by atoms with Gasteiger partial charge in [0.15, 0.2) is 5.16 Å². The summed E-state index contributed by atoms with van der Waals surface area (Å²) < 4.78 is 1.92. The molecular formula is C15H17ClN4OS. The number of carbonyl (C=O) groups is 1. The zero-order valence-corrected chi connectivity index (χ0v) is 13.9. The first-order valence-electron chi connectivity index (χ1n) is 7.23. The standard InChI is InChI=1S/C15H17ClN4OS/c1-11-17-18-15(20(11)13-6-4-5-12(16)9-13)22-10-14(21)19-7-2-3-8-19/h4-6,9H,2-3,7-8,10H2,1H3. The third-order valence-electron chi connectivity index (χ3n) is 3.65. The highest BCUT2D eigenvalue weighted by atomic mass is 35.5. The van der Waals surface area contributed by atoms with E-state index in [-0.39, 0.29) is 5.91 Å². The van der Waals surface area contributed by atoms with Crippen molar-refractivity contribution in [3.8, 4) is 5.69 Å². The number of halogens is 1. The molecule has 5 nitrogen and oxygen atoms in total. The number of hydrogen-bond acceptors (Lipinski definition) is 4. The quantitative estimate of drug-likeness (QED) is 0.805. The summed E-state index contributed by atoms with van der Waals surface area (Å²) in [6.07, 6.45) is 2.21. The monoisotopic (exact) mass is 336 g/mol. The molecule has 1 aromatic carbocycles. The van der Waals surface area contributed by atoms with Crippen LogP contribution in [0.5, 0.6) is 0 Å². The number of aryl methyl sites for hydroxylation is 1. The van der Waals surface area contributed by atoms with Crippen LogP contribution >= 0.6 is 23.4 Å². The average Bonchev–Trinajstić information content (AvgIpc) is 3.14.